The number of rotatable bonds is 4. The number of nitrogens with zero attached hydrogens (tertiary/aromatic N) is 2. The summed E-state index contributed by atoms with van der Waals surface area (Å²) in [6.45, 7) is 1.73. The van der Waals surface area contributed by atoms with E-state index in [1.54, 1.807) is 6.92 Å². The average molecular weight is 425 g/mol. The summed E-state index contributed by atoms with van der Waals surface area (Å²) < 4.78 is 19.7. The maximum atomic E-state index is 14.5. The Morgan fingerprint density at radius 1 is 1.27 bits per heavy atom. The lowest BCUT2D eigenvalue weighted by Gasteiger charge is -2.23. The average Bonchev–Trinajstić information content (AvgIpc) is 2.86. The van der Waals surface area contributed by atoms with Crippen molar-refractivity contribution in [2.24, 2.45) is 4.99 Å². The van der Waals surface area contributed by atoms with Gasteiger partial charge in [-0.2, -0.15) is 0 Å². The quantitative estimate of drug-likeness (QED) is 0.513. The number of imide groups is 1. The van der Waals surface area contributed by atoms with Gasteiger partial charge in [0.15, 0.2) is 0 Å². The van der Waals surface area contributed by atoms with Gasteiger partial charge in [-0.15, -0.1) is 0 Å². The van der Waals surface area contributed by atoms with Gasteiger partial charge in [-0.05, 0) is 54.6 Å². The third-order valence-electron chi connectivity index (χ3n) is 4.50. The molecule has 0 unspecified atom stereocenters. The number of hydrogen-bond acceptors (Lipinski definition) is 5. The topological polar surface area (TPSA) is 76.0 Å². The fourth-order valence-corrected chi connectivity index (χ4v) is 3.74. The fraction of sp³-hybridized carbons (Fsp3) is 0.444. The van der Waals surface area contributed by atoms with Gasteiger partial charge in [0.25, 0.3) is 11.8 Å². The van der Waals surface area contributed by atoms with Crippen molar-refractivity contribution in [1.82, 2.24) is 4.90 Å². The molecule has 6 nitrogen and oxygen atoms in total. The molecule has 0 saturated heterocycles. The van der Waals surface area contributed by atoms with Crippen LogP contribution in [0.4, 0.5) is 4.39 Å². The summed E-state index contributed by atoms with van der Waals surface area (Å²) in [4.78, 5) is 41.8. The SMILES string of the molecule is CCOC(=O)CN=C1CC(N2C(=O)C3=C(CCCC3)C2=O)=C(F)C=C1Br. The summed E-state index contributed by atoms with van der Waals surface area (Å²) in [6, 6.07) is 0. The monoisotopic (exact) mass is 424 g/mol. The summed E-state index contributed by atoms with van der Waals surface area (Å²) in [7, 11) is 0. The van der Waals surface area contributed by atoms with Crippen LogP contribution in [0.15, 0.2) is 38.2 Å². The molecule has 2 aliphatic carbocycles. The van der Waals surface area contributed by atoms with Crippen LogP contribution in [0.3, 0.4) is 0 Å². The number of carbonyl (C=O) groups is 3. The van der Waals surface area contributed by atoms with Crippen LogP contribution in [0.1, 0.15) is 39.0 Å². The van der Waals surface area contributed by atoms with E-state index in [0.29, 0.717) is 34.2 Å². The zero-order valence-electron chi connectivity index (χ0n) is 14.3. The Labute approximate surface area is 158 Å². The minimum absolute atomic E-state index is 0.0276. The summed E-state index contributed by atoms with van der Waals surface area (Å²) in [6.07, 6.45) is 3.92. The van der Waals surface area contributed by atoms with Crippen molar-refractivity contribution < 1.29 is 23.5 Å². The summed E-state index contributed by atoms with van der Waals surface area (Å²) in [5.74, 6) is -2.03. The number of allylic oxidation sites excluding steroid dienone is 4. The Kier molecular flexibility index (Phi) is 5.50. The molecule has 0 fully saturated rings. The van der Waals surface area contributed by atoms with Crippen molar-refractivity contribution in [3.8, 4) is 0 Å². The Balaban J connectivity index is 1.85. The van der Waals surface area contributed by atoms with E-state index in [4.69, 9.17) is 4.74 Å². The minimum atomic E-state index is -0.659. The zero-order chi connectivity index (χ0) is 18.8. The van der Waals surface area contributed by atoms with Crippen LogP contribution in [-0.4, -0.2) is 41.5 Å². The third-order valence-corrected chi connectivity index (χ3v) is 5.19. The van der Waals surface area contributed by atoms with Crippen LogP contribution in [0.5, 0.6) is 0 Å². The van der Waals surface area contributed by atoms with Gasteiger partial charge in [0.1, 0.15) is 12.4 Å². The van der Waals surface area contributed by atoms with Crippen LogP contribution in [0.25, 0.3) is 0 Å². The predicted molar refractivity (Wildman–Crippen MR) is 96.0 cm³/mol. The molecule has 0 spiro atoms. The van der Waals surface area contributed by atoms with E-state index < -0.39 is 23.6 Å². The van der Waals surface area contributed by atoms with Gasteiger partial charge in [0, 0.05) is 22.0 Å². The van der Waals surface area contributed by atoms with Crippen molar-refractivity contribution in [3.63, 3.8) is 0 Å². The number of esters is 1. The lowest BCUT2D eigenvalue weighted by molar-refractivity contribution is -0.141. The Bertz CT molecular complexity index is 782. The number of hydrogen-bond donors (Lipinski definition) is 0. The van der Waals surface area contributed by atoms with Crippen molar-refractivity contribution in [1.29, 1.82) is 0 Å². The molecular weight excluding hydrogens is 407 g/mol. The molecule has 0 radical (unpaired) electrons. The van der Waals surface area contributed by atoms with Gasteiger partial charge >= 0.3 is 5.97 Å². The zero-order valence-corrected chi connectivity index (χ0v) is 15.9. The van der Waals surface area contributed by atoms with Crippen LogP contribution >= 0.6 is 15.9 Å². The summed E-state index contributed by atoms with van der Waals surface area (Å²) in [5.41, 5.74) is 1.36. The molecule has 1 heterocycles. The molecule has 0 atom stereocenters. The largest absolute Gasteiger partial charge is 0.465 e. The van der Waals surface area contributed by atoms with E-state index >= 15 is 0 Å². The molecule has 1 aliphatic heterocycles. The Hall–Kier alpha value is -2.09. The lowest BCUT2D eigenvalue weighted by Crippen LogP contribution is -2.33. The highest BCUT2D eigenvalue weighted by molar-refractivity contribution is 9.12. The van der Waals surface area contributed by atoms with Gasteiger partial charge in [0.05, 0.1) is 18.0 Å². The van der Waals surface area contributed by atoms with Crippen LogP contribution < -0.4 is 0 Å². The highest BCUT2D eigenvalue weighted by Gasteiger charge is 2.42. The number of ether oxygens (including phenoxy) is 1. The van der Waals surface area contributed by atoms with Crippen molar-refractivity contribution in [3.05, 3.63) is 33.2 Å². The van der Waals surface area contributed by atoms with E-state index in [1.165, 1.54) is 6.08 Å². The van der Waals surface area contributed by atoms with E-state index in [-0.39, 0.29) is 25.3 Å². The van der Waals surface area contributed by atoms with Gasteiger partial charge in [0.2, 0.25) is 0 Å². The second kappa shape index (κ2) is 7.65. The molecule has 0 aromatic heterocycles. The van der Waals surface area contributed by atoms with Crippen molar-refractivity contribution >= 4 is 39.4 Å². The third kappa shape index (κ3) is 3.42. The van der Waals surface area contributed by atoms with E-state index in [1.807, 2.05) is 0 Å². The Morgan fingerprint density at radius 3 is 2.46 bits per heavy atom. The molecule has 0 aromatic rings. The number of aliphatic imine (C=N–C) groups is 1. The smallest absolute Gasteiger partial charge is 0.327 e. The molecule has 0 bridgehead atoms. The molecule has 0 aromatic carbocycles. The fourth-order valence-electron chi connectivity index (χ4n) is 3.27. The van der Waals surface area contributed by atoms with Crippen LogP contribution in [-0.2, 0) is 19.1 Å². The molecule has 0 saturated carbocycles. The molecule has 138 valence electrons. The second-order valence-electron chi connectivity index (χ2n) is 6.14. The first-order valence-corrected chi connectivity index (χ1v) is 9.29. The maximum absolute atomic E-state index is 14.5. The lowest BCUT2D eigenvalue weighted by atomic mass is 9.93. The van der Waals surface area contributed by atoms with E-state index in [0.717, 1.165) is 17.7 Å². The second-order valence-corrected chi connectivity index (χ2v) is 7.00. The number of halogens is 2. The van der Waals surface area contributed by atoms with Crippen molar-refractivity contribution in [2.45, 2.75) is 39.0 Å². The highest BCUT2D eigenvalue weighted by Crippen LogP contribution is 2.38. The van der Waals surface area contributed by atoms with Crippen LogP contribution in [0.2, 0.25) is 0 Å². The molecule has 2 amide bonds. The Morgan fingerprint density at radius 2 is 1.88 bits per heavy atom. The van der Waals surface area contributed by atoms with Gasteiger partial charge in [-0.1, -0.05) is 0 Å². The number of amides is 2. The molecular formula is C18H18BrFN2O4. The van der Waals surface area contributed by atoms with Crippen molar-refractivity contribution in [2.75, 3.05) is 13.2 Å². The van der Waals surface area contributed by atoms with Gasteiger partial charge < -0.3 is 4.74 Å². The van der Waals surface area contributed by atoms with E-state index in [9.17, 15) is 18.8 Å². The van der Waals surface area contributed by atoms with E-state index in [2.05, 4.69) is 20.9 Å². The standard InChI is InChI=1S/C18H18BrFN2O4/c1-2-26-16(23)9-21-14-8-15(13(20)7-12(14)19)22-17(24)10-5-3-4-6-11(10)18(22)25/h7H,2-6,8-9H2,1H3. The summed E-state index contributed by atoms with van der Waals surface area (Å²) in [5, 5.41) is 0. The predicted octanol–water partition coefficient (Wildman–Crippen LogP) is 3.09. The maximum Gasteiger partial charge on any atom is 0.327 e. The first kappa shape index (κ1) is 18.7. The molecule has 8 heteroatoms. The highest BCUT2D eigenvalue weighted by atomic mass is 79.9. The van der Waals surface area contributed by atoms with Gasteiger partial charge in [-0.25, -0.2) is 9.29 Å². The minimum Gasteiger partial charge on any atom is -0.465 e. The molecule has 3 rings (SSSR count). The first-order chi connectivity index (χ1) is 12.4. The van der Waals surface area contributed by atoms with Gasteiger partial charge in [-0.3, -0.25) is 19.4 Å². The van der Waals surface area contributed by atoms with Crippen LogP contribution in [0, 0.1) is 0 Å². The number of carbonyl (C=O) groups excluding carboxylic acids is 3. The molecule has 26 heavy (non-hydrogen) atoms. The molecule has 3 aliphatic rings. The molecule has 0 N–H and O–H groups in total. The normalized spacial score (nSPS) is 22.2. The first-order valence-electron chi connectivity index (χ1n) is 8.50. The summed E-state index contributed by atoms with van der Waals surface area (Å²) >= 11 is 3.22.